The van der Waals surface area contributed by atoms with E-state index in [2.05, 4.69) is 26.6 Å². The highest BCUT2D eigenvalue weighted by molar-refractivity contribution is 6.76. The fraction of sp³-hybridized carbons (Fsp3) is 0.786. The second kappa shape index (κ2) is 10.9. The number of aromatic nitrogens is 2. The Morgan fingerprint density at radius 2 is 1.69 bits per heavy atom. The van der Waals surface area contributed by atoms with Crippen LogP contribution >= 0.6 is 0 Å². The summed E-state index contributed by atoms with van der Waals surface area (Å²) in [4.78, 5) is 55.4. The summed E-state index contributed by atoms with van der Waals surface area (Å²) < 4.78 is 8.68. The van der Waals surface area contributed by atoms with Gasteiger partial charge in [-0.15, -0.1) is 0 Å². The van der Waals surface area contributed by atoms with E-state index in [0.717, 1.165) is 57.4 Å². The average molecular weight is 562 g/mol. The number of hydrogen-bond donors (Lipinski definition) is 1. The number of nitrogen functional groups attached to an aromatic ring is 1. The predicted octanol–water partition coefficient (Wildman–Crippen LogP) is 4.01. The summed E-state index contributed by atoms with van der Waals surface area (Å²) in [5.74, 6) is 0.0268. The van der Waals surface area contributed by atoms with Crippen molar-refractivity contribution in [1.29, 1.82) is 0 Å². The van der Waals surface area contributed by atoms with Crippen molar-refractivity contribution in [3.05, 3.63) is 26.9 Å². The minimum Gasteiger partial charge on any atom is -0.385 e. The van der Waals surface area contributed by atoms with Crippen molar-refractivity contribution in [2.24, 2.45) is 5.41 Å². The number of amides is 3. The fourth-order valence-electron chi connectivity index (χ4n) is 6.64. The van der Waals surface area contributed by atoms with Gasteiger partial charge in [0.05, 0.1) is 0 Å². The molecule has 2 heterocycles. The summed E-state index contributed by atoms with van der Waals surface area (Å²) in [5, 5.41) is 0. The summed E-state index contributed by atoms with van der Waals surface area (Å²) in [6.45, 7) is 13.6. The molecule has 3 amide bonds. The second-order valence-electron chi connectivity index (χ2n) is 13.7. The number of carbonyl (C=O) groups excluding carboxylic acids is 2. The molecule has 1 saturated heterocycles. The Kier molecular flexibility index (Phi) is 8.25. The number of hydrogen-bond acceptors (Lipinski definition) is 6. The molecule has 10 nitrogen and oxygen atoms in total. The SMILES string of the molecule is CCCCn1c(N)cc(=O)n(C2CCC3(CC2)CC(N2C(=O)N(COCC[Si](C)(C)C)C(=O)C2(C)C)C3)c1=O. The molecule has 0 aromatic carbocycles. The summed E-state index contributed by atoms with van der Waals surface area (Å²) in [6, 6.07) is 1.97. The van der Waals surface area contributed by atoms with E-state index >= 15 is 0 Å². The van der Waals surface area contributed by atoms with Gasteiger partial charge in [-0.05, 0) is 70.3 Å². The molecule has 11 heteroatoms. The molecule has 4 rings (SSSR count). The van der Waals surface area contributed by atoms with Crippen molar-refractivity contribution < 1.29 is 14.3 Å². The molecule has 1 spiro atoms. The number of nitrogens with zero attached hydrogens (tertiary/aromatic N) is 4. The summed E-state index contributed by atoms with van der Waals surface area (Å²) in [5.41, 5.74) is 4.55. The maximum absolute atomic E-state index is 13.3. The normalized spacial score (nSPS) is 26.9. The quantitative estimate of drug-likeness (QED) is 0.262. The van der Waals surface area contributed by atoms with Crippen LogP contribution in [0.3, 0.4) is 0 Å². The van der Waals surface area contributed by atoms with Crippen LogP contribution in [-0.4, -0.2) is 63.9 Å². The van der Waals surface area contributed by atoms with E-state index in [0.29, 0.717) is 13.2 Å². The van der Waals surface area contributed by atoms with Crippen LogP contribution in [-0.2, 0) is 16.1 Å². The van der Waals surface area contributed by atoms with Crippen molar-refractivity contribution in [3.63, 3.8) is 0 Å². The monoisotopic (exact) mass is 561 g/mol. The Balaban J connectivity index is 1.38. The van der Waals surface area contributed by atoms with Gasteiger partial charge in [-0.1, -0.05) is 33.0 Å². The standard InChI is InChI=1S/C28H47N5O5Si/c1-7-8-13-30-22(29)16-23(34)32(25(30)36)20-9-11-28(12-10-20)17-21(18-28)33-26(37)31(24(35)27(33,2)3)19-38-14-15-39(4,5)6/h16,20-21H,7-15,17-19,29H2,1-6H3. The molecule has 2 N–H and O–H groups in total. The van der Waals surface area contributed by atoms with Gasteiger partial charge in [-0.3, -0.25) is 18.7 Å². The summed E-state index contributed by atoms with van der Waals surface area (Å²) in [7, 11) is -1.26. The van der Waals surface area contributed by atoms with Crippen molar-refractivity contribution in [3.8, 4) is 0 Å². The average Bonchev–Trinajstić information content (AvgIpc) is 2.98. The Morgan fingerprint density at radius 3 is 2.28 bits per heavy atom. The first kappa shape index (κ1) is 29.6. The van der Waals surface area contributed by atoms with Gasteiger partial charge in [0.15, 0.2) is 0 Å². The van der Waals surface area contributed by atoms with Gasteiger partial charge in [-0.25, -0.2) is 14.5 Å². The lowest BCUT2D eigenvalue weighted by molar-refractivity contribution is -0.136. The third-order valence-electron chi connectivity index (χ3n) is 9.10. The van der Waals surface area contributed by atoms with Gasteiger partial charge >= 0.3 is 11.7 Å². The molecule has 0 bridgehead atoms. The number of ether oxygens (including phenoxy) is 1. The predicted molar refractivity (Wildman–Crippen MR) is 154 cm³/mol. The fourth-order valence-corrected chi connectivity index (χ4v) is 7.40. The lowest BCUT2D eigenvalue weighted by Gasteiger charge is -2.55. The van der Waals surface area contributed by atoms with E-state index < -0.39 is 13.6 Å². The minimum absolute atomic E-state index is 0.00509. The number of urea groups is 1. The molecule has 1 aromatic rings. The van der Waals surface area contributed by atoms with Gasteiger partial charge < -0.3 is 15.4 Å². The third kappa shape index (κ3) is 5.75. The van der Waals surface area contributed by atoms with E-state index in [1.54, 1.807) is 4.90 Å². The zero-order valence-electron chi connectivity index (χ0n) is 24.6. The van der Waals surface area contributed by atoms with Crippen LogP contribution in [0.1, 0.15) is 78.2 Å². The highest BCUT2D eigenvalue weighted by Crippen LogP contribution is 2.56. The van der Waals surface area contributed by atoms with Crippen molar-refractivity contribution in [2.45, 2.75) is 122 Å². The number of imide groups is 1. The molecular formula is C28H47N5O5Si. The third-order valence-corrected chi connectivity index (χ3v) is 10.8. The number of carbonyl (C=O) groups is 2. The first-order valence-corrected chi connectivity index (χ1v) is 18.3. The van der Waals surface area contributed by atoms with Gasteiger partial charge in [0.2, 0.25) is 0 Å². The molecule has 0 atom stereocenters. The van der Waals surface area contributed by atoms with Crippen LogP contribution in [0.15, 0.2) is 15.7 Å². The summed E-state index contributed by atoms with van der Waals surface area (Å²) >= 11 is 0. The Bertz CT molecular complexity index is 1200. The van der Waals surface area contributed by atoms with Gasteiger partial charge in [-0.2, -0.15) is 0 Å². The smallest absolute Gasteiger partial charge is 0.332 e. The number of anilines is 1. The number of rotatable bonds is 10. The Morgan fingerprint density at radius 1 is 1.05 bits per heavy atom. The van der Waals surface area contributed by atoms with Crippen molar-refractivity contribution in [1.82, 2.24) is 18.9 Å². The second-order valence-corrected chi connectivity index (χ2v) is 19.3. The zero-order chi connectivity index (χ0) is 28.8. The maximum atomic E-state index is 13.3. The van der Waals surface area contributed by atoms with Crippen LogP contribution < -0.4 is 17.0 Å². The van der Waals surface area contributed by atoms with E-state index in [-0.39, 0.29) is 53.2 Å². The van der Waals surface area contributed by atoms with Crippen molar-refractivity contribution >= 4 is 25.8 Å². The topological polar surface area (TPSA) is 120 Å². The van der Waals surface area contributed by atoms with E-state index in [9.17, 15) is 19.2 Å². The first-order valence-electron chi connectivity index (χ1n) is 14.6. The van der Waals surface area contributed by atoms with Crippen LogP contribution in [0.25, 0.3) is 0 Å². The zero-order valence-corrected chi connectivity index (χ0v) is 25.6. The minimum atomic E-state index is -1.26. The molecule has 3 aliphatic rings. The number of nitrogens with two attached hydrogens (primary N) is 1. The van der Waals surface area contributed by atoms with E-state index in [4.69, 9.17) is 10.5 Å². The molecule has 0 unspecified atom stereocenters. The lowest BCUT2D eigenvalue weighted by Crippen LogP contribution is -2.59. The molecular weight excluding hydrogens is 514 g/mol. The van der Waals surface area contributed by atoms with Gasteiger partial charge in [0.1, 0.15) is 18.1 Å². The molecule has 0 radical (unpaired) electrons. The maximum Gasteiger partial charge on any atom is 0.332 e. The first-order chi connectivity index (χ1) is 18.2. The highest BCUT2D eigenvalue weighted by atomic mass is 28.3. The Hall–Kier alpha value is -2.40. The van der Waals surface area contributed by atoms with Gasteiger partial charge in [0.25, 0.3) is 11.5 Å². The molecule has 39 heavy (non-hydrogen) atoms. The largest absolute Gasteiger partial charge is 0.385 e. The molecule has 2 saturated carbocycles. The van der Waals surface area contributed by atoms with Crippen molar-refractivity contribution in [2.75, 3.05) is 19.1 Å². The van der Waals surface area contributed by atoms with Gasteiger partial charge in [0, 0.05) is 39.4 Å². The highest BCUT2D eigenvalue weighted by Gasteiger charge is 2.59. The molecule has 1 aromatic heterocycles. The van der Waals surface area contributed by atoms with E-state index in [1.807, 2.05) is 13.8 Å². The van der Waals surface area contributed by atoms with Crippen LogP contribution in [0.5, 0.6) is 0 Å². The van der Waals surface area contributed by atoms with Crippen LogP contribution in [0.4, 0.5) is 10.6 Å². The molecule has 1 aliphatic heterocycles. The van der Waals surface area contributed by atoms with E-state index in [1.165, 1.54) is 20.1 Å². The molecule has 3 fully saturated rings. The van der Waals surface area contributed by atoms with Crippen LogP contribution in [0.2, 0.25) is 25.7 Å². The number of unbranched alkanes of at least 4 members (excludes halogenated alkanes) is 1. The lowest BCUT2D eigenvalue weighted by atomic mass is 9.57. The van der Waals surface area contributed by atoms with Crippen LogP contribution in [0, 0.1) is 5.41 Å². The molecule has 2 aliphatic carbocycles. The molecule has 218 valence electrons. The Labute approximate surface area is 232 Å². The summed E-state index contributed by atoms with van der Waals surface area (Å²) in [6.07, 6.45) is 6.70.